The molecule has 1 saturated carbocycles. The van der Waals surface area contributed by atoms with Crippen molar-refractivity contribution in [2.75, 3.05) is 41.1 Å². The van der Waals surface area contributed by atoms with Crippen LogP contribution in [0.5, 0.6) is 5.75 Å². The number of nitrogens with zero attached hydrogens (tertiary/aromatic N) is 2. The number of aliphatic hydroxyl groups is 3. The van der Waals surface area contributed by atoms with E-state index in [1.165, 1.54) is 44.0 Å². The molecule has 1 fully saturated rings. The summed E-state index contributed by atoms with van der Waals surface area (Å²) in [6.07, 6.45) is -0.623. The monoisotopic (exact) mass is 693 g/mol. The van der Waals surface area contributed by atoms with Crippen molar-refractivity contribution in [3.63, 3.8) is 0 Å². The maximum atomic E-state index is 14.1. The Morgan fingerprint density at radius 1 is 1.02 bits per heavy atom. The number of hydrogen-bond acceptors (Lipinski definition) is 13. The summed E-state index contributed by atoms with van der Waals surface area (Å²) in [6, 6.07) is 8.98. The number of nitrogens with two attached hydrogens (primary N) is 1. The van der Waals surface area contributed by atoms with Crippen LogP contribution in [0.2, 0.25) is 0 Å². The van der Waals surface area contributed by atoms with Crippen molar-refractivity contribution in [2.24, 2.45) is 17.6 Å². The molecule has 0 heterocycles. The number of methoxy groups -OCH3 is 1. The molecule has 0 unspecified atom stereocenters. The van der Waals surface area contributed by atoms with Crippen LogP contribution >= 0.6 is 0 Å². The number of phenolic OH excluding ortho intramolecular Hbond substituents is 1. The molecule has 0 saturated heterocycles. The largest absolute Gasteiger partial charge is 0.508 e. The van der Waals surface area contributed by atoms with E-state index in [9.17, 15) is 44.4 Å². The van der Waals surface area contributed by atoms with E-state index in [0.717, 1.165) is 5.56 Å². The van der Waals surface area contributed by atoms with Crippen LogP contribution in [0, 0.1) is 11.8 Å². The van der Waals surface area contributed by atoms with Crippen molar-refractivity contribution >= 4 is 35.3 Å². The average Bonchev–Trinajstić information content (AvgIpc) is 3.04. The Balaban J connectivity index is 1.50. The van der Waals surface area contributed by atoms with Crippen LogP contribution in [0.1, 0.15) is 30.0 Å². The van der Waals surface area contributed by atoms with Crippen molar-refractivity contribution in [1.82, 2.24) is 9.80 Å². The minimum Gasteiger partial charge on any atom is -0.508 e. The van der Waals surface area contributed by atoms with Crippen molar-refractivity contribution in [2.45, 2.75) is 38.0 Å². The third-order valence-electron chi connectivity index (χ3n) is 9.51. The Kier molecular flexibility index (Phi) is 10.0. The van der Waals surface area contributed by atoms with Gasteiger partial charge in [-0.3, -0.25) is 24.1 Å². The number of rotatable bonds is 10. The quantitative estimate of drug-likeness (QED) is 0.136. The van der Waals surface area contributed by atoms with Gasteiger partial charge in [-0.1, -0.05) is 30.3 Å². The third-order valence-corrected chi connectivity index (χ3v) is 9.51. The van der Waals surface area contributed by atoms with Crippen LogP contribution in [0.25, 0.3) is 16.9 Å². The smallest absolute Gasteiger partial charge is 0.413 e. The van der Waals surface area contributed by atoms with Gasteiger partial charge in [0.05, 0.1) is 18.2 Å². The number of benzene rings is 2. The summed E-state index contributed by atoms with van der Waals surface area (Å²) in [5, 5.41) is 45.3. The Labute approximate surface area is 287 Å². The highest BCUT2D eigenvalue weighted by Gasteiger charge is 2.64. The number of carbonyl (C=O) groups is 5. The molecule has 2 amide bonds. The molecule has 0 radical (unpaired) electrons. The zero-order chi connectivity index (χ0) is 36.7. The molecule has 4 atom stereocenters. The molecule has 3 aliphatic carbocycles. The van der Waals surface area contributed by atoms with Crippen LogP contribution in [0.3, 0.4) is 0 Å². The van der Waals surface area contributed by atoms with Gasteiger partial charge in [0.15, 0.2) is 11.4 Å². The first-order valence-electron chi connectivity index (χ1n) is 15.8. The summed E-state index contributed by atoms with van der Waals surface area (Å²) in [7, 11) is 4.57. The fourth-order valence-electron chi connectivity index (χ4n) is 7.22. The van der Waals surface area contributed by atoms with Gasteiger partial charge in [0.1, 0.15) is 22.8 Å². The molecule has 0 spiro atoms. The second-order valence-electron chi connectivity index (χ2n) is 12.7. The van der Waals surface area contributed by atoms with Gasteiger partial charge in [-0.25, -0.2) is 4.79 Å². The van der Waals surface area contributed by atoms with E-state index >= 15 is 0 Å². The number of fused-ring (bicyclic) bond motifs is 3. The lowest BCUT2D eigenvalue weighted by atomic mass is 9.57. The first kappa shape index (κ1) is 36.0. The molecular weight excluding hydrogens is 654 g/mol. The molecule has 2 aromatic rings. The lowest BCUT2D eigenvalue weighted by molar-refractivity contribution is -0.154. The van der Waals surface area contributed by atoms with Crippen LogP contribution in [0.15, 0.2) is 53.3 Å². The van der Waals surface area contributed by atoms with E-state index in [1.54, 1.807) is 30.3 Å². The fourth-order valence-corrected chi connectivity index (χ4v) is 7.22. The van der Waals surface area contributed by atoms with Gasteiger partial charge in [0, 0.05) is 38.6 Å². The molecule has 5 rings (SSSR count). The van der Waals surface area contributed by atoms with Crippen LogP contribution < -0.4 is 5.73 Å². The summed E-state index contributed by atoms with van der Waals surface area (Å²) in [5.74, 6) is -7.79. The van der Waals surface area contributed by atoms with Crippen molar-refractivity contribution in [3.05, 3.63) is 70.0 Å². The molecule has 3 aliphatic rings. The minimum atomic E-state index is -2.72. The van der Waals surface area contributed by atoms with E-state index < -0.39 is 76.9 Å². The molecule has 15 nitrogen and oxygen atoms in total. The van der Waals surface area contributed by atoms with Crippen molar-refractivity contribution in [1.29, 1.82) is 0 Å². The van der Waals surface area contributed by atoms with Crippen molar-refractivity contribution in [3.8, 4) is 16.9 Å². The fraction of sp³-hybridized carbons (Fsp3) is 0.400. The highest BCUT2D eigenvalue weighted by Crippen LogP contribution is 2.53. The van der Waals surface area contributed by atoms with Gasteiger partial charge in [-0.15, -0.1) is 0 Å². The number of esters is 1. The second-order valence-corrected chi connectivity index (χ2v) is 12.7. The van der Waals surface area contributed by atoms with E-state index in [0.29, 0.717) is 16.7 Å². The Morgan fingerprint density at radius 2 is 1.70 bits per heavy atom. The second kappa shape index (κ2) is 13.9. The zero-order valence-corrected chi connectivity index (χ0v) is 28.0. The molecule has 6 N–H and O–H groups in total. The standard InChI is InChI=1S/C35H39N3O12/c1-17(39)49-16-50-34(46)38(11-12-48-4)15-18-5-7-19(8-6-18)21-9-10-24(40)26-22(21)13-20-14-23-28(37(2)3)30(42)27(33(36)45)32(44)35(23,47)31(43)25(20)29(26)41/h5-10,20,23,28,40-41,44,47H,11-16H2,1-4H3,(H2,36,45)/t20-,23-,28-,35-/m0/s1. The number of Topliss-reactive ketones (excluding diaryl/α,β-unsaturated/α-hetero) is 2. The van der Waals surface area contributed by atoms with Gasteiger partial charge in [-0.2, -0.15) is 0 Å². The maximum absolute atomic E-state index is 14.1. The molecule has 266 valence electrons. The predicted octanol–water partition coefficient (Wildman–Crippen LogP) is 1.74. The van der Waals surface area contributed by atoms with Gasteiger partial charge in [0.25, 0.3) is 5.91 Å². The SMILES string of the molecule is COCCN(Cc1ccc(-c2ccc(O)c3c2C[C@H]2C[C@H]4[C@H](N(C)C)C(=O)C(C(N)=O)=C(O)[C@@]4(O)C(=O)C2=C3O)cc1)C(=O)OCOC(C)=O. The van der Waals surface area contributed by atoms with Crippen LogP contribution in [-0.4, -0.2) is 113 Å². The molecule has 15 heteroatoms. The lowest BCUT2D eigenvalue weighted by Gasteiger charge is -2.50. The normalized spacial score (nSPS) is 22.9. The summed E-state index contributed by atoms with van der Waals surface area (Å²) < 4.78 is 14.8. The number of aromatic hydroxyl groups is 1. The predicted molar refractivity (Wildman–Crippen MR) is 175 cm³/mol. The van der Waals surface area contributed by atoms with Gasteiger partial charge in [-0.05, 0) is 61.2 Å². The highest BCUT2D eigenvalue weighted by molar-refractivity contribution is 6.24. The summed E-state index contributed by atoms with van der Waals surface area (Å²) >= 11 is 0. The van der Waals surface area contributed by atoms with Crippen molar-refractivity contribution < 1.29 is 58.6 Å². The summed E-state index contributed by atoms with van der Waals surface area (Å²) in [6.45, 7) is 1.23. The number of phenols is 1. The first-order valence-corrected chi connectivity index (χ1v) is 15.8. The Hall–Kier alpha value is -5.25. The molecule has 50 heavy (non-hydrogen) atoms. The zero-order valence-electron chi connectivity index (χ0n) is 28.0. The van der Waals surface area contributed by atoms with E-state index in [2.05, 4.69) is 0 Å². The number of hydrogen-bond donors (Lipinski definition) is 5. The van der Waals surface area contributed by atoms with Gasteiger partial charge in [0.2, 0.25) is 12.6 Å². The topological polar surface area (TPSA) is 226 Å². The molecular formula is C35H39N3O12. The number of likely N-dealkylation sites (N-methyl/N-ethyl adjacent to an activating group) is 1. The van der Waals surface area contributed by atoms with E-state index in [-0.39, 0.29) is 49.4 Å². The average molecular weight is 694 g/mol. The molecule has 0 bridgehead atoms. The number of carbonyl (C=O) groups excluding carboxylic acids is 5. The number of ether oxygens (including phenoxy) is 3. The summed E-state index contributed by atoms with van der Waals surface area (Å²) in [5.41, 5.74) is 4.08. The lowest BCUT2D eigenvalue weighted by Crippen LogP contribution is -2.65. The van der Waals surface area contributed by atoms with Gasteiger partial charge >= 0.3 is 12.1 Å². The van der Waals surface area contributed by atoms with Crippen LogP contribution in [-0.2, 0) is 46.4 Å². The molecule has 0 aliphatic heterocycles. The van der Waals surface area contributed by atoms with Gasteiger partial charge < -0.3 is 45.3 Å². The maximum Gasteiger partial charge on any atom is 0.413 e. The summed E-state index contributed by atoms with van der Waals surface area (Å²) in [4.78, 5) is 66.2. The van der Waals surface area contributed by atoms with E-state index in [4.69, 9.17) is 19.9 Å². The third kappa shape index (κ3) is 6.19. The number of aliphatic hydroxyl groups excluding tert-OH is 2. The van der Waals surface area contributed by atoms with E-state index in [1.807, 2.05) is 0 Å². The molecule has 2 aromatic carbocycles. The number of ketones is 2. The van der Waals surface area contributed by atoms with Crippen LogP contribution in [0.4, 0.5) is 4.79 Å². The Morgan fingerprint density at radius 3 is 2.30 bits per heavy atom. The molecule has 0 aromatic heterocycles. The Bertz CT molecular complexity index is 1820. The minimum absolute atomic E-state index is 0.0240. The highest BCUT2D eigenvalue weighted by atomic mass is 16.7. The number of primary amides is 1. The first-order chi connectivity index (χ1) is 23.6. The number of amides is 2.